The number of hydrogen-bond donors (Lipinski definition) is 2. The third kappa shape index (κ3) is 3.65. The van der Waals surface area contributed by atoms with Gasteiger partial charge in [0.15, 0.2) is 5.58 Å². The van der Waals surface area contributed by atoms with E-state index in [-0.39, 0.29) is 5.91 Å². The minimum atomic E-state index is -0.525. The number of carbonyl (C=O) groups is 1. The molecule has 0 spiro atoms. The molecule has 0 bridgehead atoms. The first-order chi connectivity index (χ1) is 11.5. The number of oxazole rings is 1. The molecule has 0 saturated heterocycles. The Balaban J connectivity index is 1.75. The summed E-state index contributed by atoms with van der Waals surface area (Å²) < 4.78 is 10.6. The molecule has 1 aromatic heterocycles. The van der Waals surface area contributed by atoms with E-state index in [1.54, 1.807) is 36.4 Å². The predicted molar refractivity (Wildman–Crippen MR) is 91.6 cm³/mol. The first-order valence-electron chi connectivity index (χ1n) is 7.68. The third-order valence-electron chi connectivity index (χ3n) is 3.36. The summed E-state index contributed by atoms with van der Waals surface area (Å²) in [5, 5.41) is 2.79. The molecule has 2 aromatic carbocycles. The van der Waals surface area contributed by atoms with Crippen molar-refractivity contribution in [2.75, 3.05) is 11.9 Å². The van der Waals surface area contributed by atoms with Crippen molar-refractivity contribution in [3.8, 4) is 5.75 Å². The van der Waals surface area contributed by atoms with Crippen LogP contribution in [0.15, 0.2) is 51.7 Å². The van der Waals surface area contributed by atoms with Crippen LogP contribution in [0.2, 0.25) is 0 Å². The van der Waals surface area contributed by atoms with Gasteiger partial charge in [0.2, 0.25) is 0 Å². The van der Waals surface area contributed by atoms with E-state index in [1.807, 2.05) is 6.07 Å². The van der Waals surface area contributed by atoms with E-state index in [4.69, 9.17) is 9.15 Å². The van der Waals surface area contributed by atoms with Crippen LogP contribution in [0, 0.1) is 5.92 Å². The number of aromatic amines is 1. The van der Waals surface area contributed by atoms with E-state index in [1.165, 1.54) is 0 Å². The lowest BCUT2D eigenvalue weighted by molar-refractivity contribution is 0.102. The topological polar surface area (TPSA) is 84.3 Å². The summed E-state index contributed by atoms with van der Waals surface area (Å²) in [7, 11) is 0. The number of anilines is 1. The molecule has 0 unspecified atom stereocenters. The van der Waals surface area contributed by atoms with Crippen LogP contribution >= 0.6 is 0 Å². The van der Waals surface area contributed by atoms with Crippen LogP contribution in [-0.2, 0) is 0 Å². The Labute approximate surface area is 138 Å². The number of aromatic nitrogens is 1. The second-order valence-electron chi connectivity index (χ2n) is 5.91. The van der Waals surface area contributed by atoms with Gasteiger partial charge in [-0.05, 0) is 42.3 Å². The molecule has 0 atom stereocenters. The maximum atomic E-state index is 12.4. The monoisotopic (exact) mass is 326 g/mol. The highest BCUT2D eigenvalue weighted by Crippen LogP contribution is 2.19. The van der Waals surface area contributed by atoms with Crippen LogP contribution in [0.3, 0.4) is 0 Å². The van der Waals surface area contributed by atoms with Gasteiger partial charge in [-0.1, -0.05) is 19.9 Å². The van der Waals surface area contributed by atoms with Gasteiger partial charge < -0.3 is 14.5 Å². The minimum absolute atomic E-state index is 0.254. The molecule has 6 heteroatoms. The second kappa shape index (κ2) is 6.62. The lowest BCUT2D eigenvalue weighted by Crippen LogP contribution is -2.12. The summed E-state index contributed by atoms with van der Waals surface area (Å²) in [6, 6.07) is 12.0. The highest BCUT2D eigenvalue weighted by Gasteiger charge is 2.09. The van der Waals surface area contributed by atoms with Gasteiger partial charge in [0.25, 0.3) is 5.91 Å². The molecule has 3 aromatic rings. The van der Waals surface area contributed by atoms with E-state index < -0.39 is 5.76 Å². The lowest BCUT2D eigenvalue weighted by Gasteiger charge is -2.10. The standard InChI is InChI=1S/C18H18N2O4/c1-11(2)10-23-14-5-3-4-12(8-14)17(21)19-13-6-7-16-15(9-13)20-18(22)24-16/h3-9,11H,10H2,1-2H3,(H,19,21)(H,20,22). The molecule has 24 heavy (non-hydrogen) atoms. The minimum Gasteiger partial charge on any atom is -0.493 e. The fourth-order valence-corrected chi connectivity index (χ4v) is 2.22. The van der Waals surface area contributed by atoms with Gasteiger partial charge in [-0.25, -0.2) is 4.79 Å². The molecule has 2 N–H and O–H groups in total. The van der Waals surface area contributed by atoms with Crippen molar-refractivity contribution >= 4 is 22.7 Å². The molecule has 6 nitrogen and oxygen atoms in total. The fourth-order valence-electron chi connectivity index (χ4n) is 2.22. The molecule has 0 fully saturated rings. The van der Waals surface area contributed by atoms with Crippen LogP contribution in [0.5, 0.6) is 5.75 Å². The molecule has 3 rings (SSSR count). The first kappa shape index (κ1) is 15.9. The summed E-state index contributed by atoms with van der Waals surface area (Å²) in [6.07, 6.45) is 0. The number of H-pyrrole nitrogens is 1. The zero-order chi connectivity index (χ0) is 17.1. The Hall–Kier alpha value is -3.02. The van der Waals surface area contributed by atoms with Crippen molar-refractivity contribution in [1.82, 2.24) is 4.98 Å². The second-order valence-corrected chi connectivity index (χ2v) is 5.91. The van der Waals surface area contributed by atoms with Crippen LogP contribution in [0.1, 0.15) is 24.2 Å². The van der Waals surface area contributed by atoms with E-state index in [0.717, 1.165) is 0 Å². The van der Waals surface area contributed by atoms with Crippen LogP contribution in [-0.4, -0.2) is 17.5 Å². The van der Waals surface area contributed by atoms with Crippen LogP contribution in [0.25, 0.3) is 11.1 Å². The Kier molecular flexibility index (Phi) is 4.37. The van der Waals surface area contributed by atoms with Gasteiger partial charge in [-0.3, -0.25) is 9.78 Å². The van der Waals surface area contributed by atoms with E-state index >= 15 is 0 Å². The summed E-state index contributed by atoms with van der Waals surface area (Å²) in [5.74, 6) is 0.288. The first-order valence-corrected chi connectivity index (χ1v) is 7.68. The highest BCUT2D eigenvalue weighted by molar-refractivity contribution is 6.05. The Morgan fingerprint density at radius 2 is 2.08 bits per heavy atom. The van der Waals surface area contributed by atoms with E-state index in [9.17, 15) is 9.59 Å². The predicted octanol–water partition coefficient (Wildman–Crippen LogP) is 3.41. The van der Waals surface area contributed by atoms with Gasteiger partial charge >= 0.3 is 5.76 Å². The Morgan fingerprint density at radius 3 is 2.88 bits per heavy atom. The smallest absolute Gasteiger partial charge is 0.417 e. The molecule has 1 amide bonds. The molecule has 1 heterocycles. The van der Waals surface area contributed by atoms with Crippen molar-refractivity contribution in [2.24, 2.45) is 5.92 Å². The van der Waals surface area contributed by atoms with Crippen molar-refractivity contribution in [3.63, 3.8) is 0 Å². The van der Waals surface area contributed by atoms with Gasteiger partial charge in [-0.2, -0.15) is 0 Å². The summed E-state index contributed by atoms with van der Waals surface area (Å²) in [6.45, 7) is 4.72. The average Bonchev–Trinajstić information content (AvgIpc) is 2.92. The maximum absolute atomic E-state index is 12.4. The Morgan fingerprint density at radius 1 is 1.25 bits per heavy atom. The van der Waals surface area contributed by atoms with Crippen molar-refractivity contribution in [2.45, 2.75) is 13.8 Å². The summed E-state index contributed by atoms with van der Waals surface area (Å²) in [5.41, 5.74) is 2.05. The number of fused-ring (bicyclic) bond motifs is 1. The van der Waals surface area contributed by atoms with Crippen molar-refractivity contribution in [1.29, 1.82) is 0 Å². The number of amides is 1. The van der Waals surface area contributed by atoms with Crippen molar-refractivity contribution in [3.05, 3.63) is 58.6 Å². The number of nitrogens with one attached hydrogen (secondary N) is 2. The fraction of sp³-hybridized carbons (Fsp3) is 0.222. The average molecular weight is 326 g/mol. The van der Waals surface area contributed by atoms with Gasteiger partial charge in [0, 0.05) is 11.3 Å². The van der Waals surface area contributed by atoms with E-state index in [0.29, 0.717) is 40.6 Å². The van der Waals surface area contributed by atoms with Crippen LogP contribution < -0.4 is 15.8 Å². The number of benzene rings is 2. The van der Waals surface area contributed by atoms with Gasteiger partial charge in [0.05, 0.1) is 12.1 Å². The molecular weight excluding hydrogens is 308 g/mol. The van der Waals surface area contributed by atoms with E-state index in [2.05, 4.69) is 24.1 Å². The lowest BCUT2D eigenvalue weighted by atomic mass is 10.2. The number of hydrogen-bond acceptors (Lipinski definition) is 4. The largest absolute Gasteiger partial charge is 0.493 e. The van der Waals surface area contributed by atoms with Gasteiger partial charge in [0.1, 0.15) is 5.75 Å². The maximum Gasteiger partial charge on any atom is 0.417 e. The molecule has 0 aliphatic carbocycles. The normalized spacial score (nSPS) is 11.0. The number of ether oxygens (including phenoxy) is 1. The number of rotatable bonds is 5. The molecule has 0 radical (unpaired) electrons. The zero-order valence-electron chi connectivity index (χ0n) is 13.5. The zero-order valence-corrected chi connectivity index (χ0v) is 13.5. The highest BCUT2D eigenvalue weighted by atomic mass is 16.5. The molecule has 124 valence electrons. The van der Waals surface area contributed by atoms with Crippen LogP contribution in [0.4, 0.5) is 5.69 Å². The Bertz CT molecular complexity index is 924. The summed E-state index contributed by atoms with van der Waals surface area (Å²) in [4.78, 5) is 26.1. The molecule has 0 saturated carbocycles. The number of carbonyl (C=O) groups excluding carboxylic acids is 1. The molecule has 0 aliphatic rings. The van der Waals surface area contributed by atoms with Crippen molar-refractivity contribution < 1.29 is 13.9 Å². The summed E-state index contributed by atoms with van der Waals surface area (Å²) >= 11 is 0. The molecule has 0 aliphatic heterocycles. The quantitative estimate of drug-likeness (QED) is 0.752. The third-order valence-corrected chi connectivity index (χ3v) is 3.36. The SMILES string of the molecule is CC(C)COc1cccc(C(=O)Nc2ccc3oc(=O)[nH]c3c2)c1. The van der Waals surface area contributed by atoms with Gasteiger partial charge in [-0.15, -0.1) is 0 Å². The molecular formula is C18H18N2O4.